The highest BCUT2D eigenvalue weighted by Crippen LogP contribution is 2.10. The molecule has 18 heavy (non-hydrogen) atoms. The summed E-state index contributed by atoms with van der Waals surface area (Å²) in [4.78, 5) is 0. The first kappa shape index (κ1) is 15.0. The smallest absolute Gasteiger partial charge is 0.232 e. The Labute approximate surface area is 110 Å². The minimum atomic E-state index is -3.24. The van der Waals surface area contributed by atoms with Gasteiger partial charge in [-0.1, -0.05) is 31.5 Å². The summed E-state index contributed by atoms with van der Waals surface area (Å²) in [5.41, 5.74) is 1.73. The number of nitrogens with one attached hydrogen (secondary N) is 2. The number of anilines is 1. The highest BCUT2D eigenvalue weighted by molar-refractivity contribution is 7.92. The number of rotatable bonds is 7. The van der Waals surface area contributed by atoms with Gasteiger partial charge in [0.15, 0.2) is 0 Å². The second-order valence-electron chi connectivity index (χ2n) is 4.75. The Bertz CT molecular complexity index is 452. The van der Waals surface area contributed by atoms with Crippen LogP contribution >= 0.6 is 0 Å². The fraction of sp³-hybridized carbons (Fsp3) is 0.538. The van der Waals surface area contributed by atoms with Gasteiger partial charge in [-0.3, -0.25) is 4.72 Å². The molecule has 0 spiro atoms. The number of hydrogen-bond donors (Lipinski definition) is 2. The zero-order valence-electron chi connectivity index (χ0n) is 11.2. The average Bonchev–Trinajstić information content (AvgIpc) is 2.27. The molecule has 0 fully saturated rings. The lowest BCUT2D eigenvalue weighted by atomic mass is 10.2. The van der Waals surface area contributed by atoms with Crippen LogP contribution < -0.4 is 10.0 Å². The maximum Gasteiger partial charge on any atom is 0.232 e. The molecule has 0 radical (unpaired) electrons. The van der Waals surface area contributed by atoms with Crippen LogP contribution in [0.4, 0.5) is 5.69 Å². The van der Waals surface area contributed by atoms with Gasteiger partial charge in [0.2, 0.25) is 10.0 Å². The van der Waals surface area contributed by atoms with Crippen molar-refractivity contribution < 1.29 is 8.42 Å². The summed E-state index contributed by atoms with van der Waals surface area (Å²) in [5, 5.41) is 3.20. The second-order valence-corrected chi connectivity index (χ2v) is 6.59. The van der Waals surface area contributed by atoms with Crippen molar-refractivity contribution in [3.8, 4) is 0 Å². The van der Waals surface area contributed by atoms with Gasteiger partial charge in [0.25, 0.3) is 0 Å². The van der Waals surface area contributed by atoms with Gasteiger partial charge in [-0.05, 0) is 32.0 Å². The number of aryl methyl sites for hydroxylation is 1. The van der Waals surface area contributed by atoms with Crippen molar-refractivity contribution in [1.82, 2.24) is 5.32 Å². The first-order chi connectivity index (χ1) is 8.39. The van der Waals surface area contributed by atoms with Gasteiger partial charge in [0, 0.05) is 11.7 Å². The van der Waals surface area contributed by atoms with Crippen molar-refractivity contribution in [2.45, 2.75) is 33.2 Å². The van der Waals surface area contributed by atoms with Crippen molar-refractivity contribution in [2.24, 2.45) is 0 Å². The number of sulfonamides is 1. The van der Waals surface area contributed by atoms with Crippen LogP contribution in [0.25, 0.3) is 0 Å². The first-order valence-electron chi connectivity index (χ1n) is 6.19. The molecule has 0 heterocycles. The van der Waals surface area contributed by atoms with E-state index in [4.69, 9.17) is 0 Å². The molecule has 0 aliphatic heterocycles. The molecule has 0 saturated heterocycles. The summed E-state index contributed by atoms with van der Waals surface area (Å²) in [6, 6.07) is 7.72. The molecule has 0 aliphatic rings. The molecule has 1 aromatic carbocycles. The Balaban J connectivity index is 2.42. The molecule has 0 aromatic heterocycles. The van der Waals surface area contributed by atoms with Gasteiger partial charge >= 0.3 is 0 Å². The van der Waals surface area contributed by atoms with Crippen LogP contribution in [0.5, 0.6) is 0 Å². The Hall–Kier alpha value is -1.07. The minimum Gasteiger partial charge on any atom is -0.314 e. The standard InChI is InChI=1S/C13H22N2O2S/c1-11(2)14-9-4-10-18(16,17)15-13-7-5-12(3)6-8-13/h5-8,11,14-15H,4,9-10H2,1-3H3. The van der Waals surface area contributed by atoms with Crippen LogP contribution in [0.15, 0.2) is 24.3 Å². The molecule has 1 rings (SSSR count). The van der Waals surface area contributed by atoms with Gasteiger partial charge in [0.1, 0.15) is 0 Å². The van der Waals surface area contributed by atoms with E-state index >= 15 is 0 Å². The van der Waals surface area contributed by atoms with Gasteiger partial charge in [0.05, 0.1) is 5.75 Å². The molecule has 2 N–H and O–H groups in total. The van der Waals surface area contributed by atoms with E-state index in [9.17, 15) is 8.42 Å². The van der Waals surface area contributed by atoms with E-state index in [-0.39, 0.29) is 5.75 Å². The van der Waals surface area contributed by atoms with E-state index < -0.39 is 10.0 Å². The average molecular weight is 270 g/mol. The van der Waals surface area contributed by atoms with Crippen LogP contribution in [0.3, 0.4) is 0 Å². The van der Waals surface area contributed by atoms with Gasteiger partial charge in [-0.2, -0.15) is 0 Å². The summed E-state index contributed by atoms with van der Waals surface area (Å²) >= 11 is 0. The quantitative estimate of drug-likeness (QED) is 0.746. The zero-order valence-corrected chi connectivity index (χ0v) is 12.0. The SMILES string of the molecule is Cc1ccc(NS(=O)(=O)CCCNC(C)C)cc1. The highest BCUT2D eigenvalue weighted by Gasteiger charge is 2.09. The number of hydrogen-bond acceptors (Lipinski definition) is 3. The highest BCUT2D eigenvalue weighted by atomic mass is 32.2. The largest absolute Gasteiger partial charge is 0.314 e. The van der Waals surface area contributed by atoms with E-state index in [0.29, 0.717) is 24.7 Å². The predicted molar refractivity (Wildman–Crippen MR) is 76.3 cm³/mol. The normalized spacial score (nSPS) is 11.8. The van der Waals surface area contributed by atoms with E-state index in [0.717, 1.165) is 5.56 Å². The second kappa shape index (κ2) is 6.75. The molecule has 1 aromatic rings. The Kier molecular flexibility index (Phi) is 5.62. The van der Waals surface area contributed by atoms with E-state index in [1.54, 1.807) is 12.1 Å². The lowest BCUT2D eigenvalue weighted by Crippen LogP contribution is -2.26. The zero-order chi connectivity index (χ0) is 13.6. The van der Waals surface area contributed by atoms with Crippen molar-refractivity contribution in [2.75, 3.05) is 17.0 Å². The van der Waals surface area contributed by atoms with Gasteiger partial charge in [-0.15, -0.1) is 0 Å². The summed E-state index contributed by atoms with van der Waals surface area (Å²) in [6.07, 6.45) is 0.610. The summed E-state index contributed by atoms with van der Waals surface area (Å²) in [6.45, 7) is 6.76. The molecule has 0 amide bonds. The third-order valence-electron chi connectivity index (χ3n) is 2.47. The Morgan fingerprint density at radius 2 is 1.78 bits per heavy atom. The van der Waals surface area contributed by atoms with Crippen molar-refractivity contribution in [3.63, 3.8) is 0 Å². The van der Waals surface area contributed by atoms with Gasteiger partial charge < -0.3 is 5.32 Å². The van der Waals surface area contributed by atoms with E-state index in [1.807, 2.05) is 32.9 Å². The number of benzene rings is 1. The van der Waals surface area contributed by atoms with Crippen LogP contribution in [-0.2, 0) is 10.0 Å². The molecule has 0 atom stereocenters. The van der Waals surface area contributed by atoms with Crippen LogP contribution in [0, 0.1) is 6.92 Å². The van der Waals surface area contributed by atoms with Crippen LogP contribution in [0.1, 0.15) is 25.8 Å². The maximum absolute atomic E-state index is 11.8. The third-order valence-corrected chi connectivity index (χ3v) is 3.84. The Morgan fingerprint density at radius 1 is 1.17 bits per heavy atom. The lowest BCUT2D eigenvalue weighted by molar-refractivity contribution is 0.571. The van der Waals surface area contributed by atoms with Gasteiger partial charge in [-0.25, -0.2) is 8.42 Å². The molecular weight excluding hydrogens is 248 g/mol. The molecule has 0 unspecified atom stereocenters. The molecular formula is C13H22N2O2S. The molecule has 0 bridgehead atoms. The first-order valence-corrected chi connectivity index (χ1v) is 7.85. The van der Waals surface area contributed by atoms with Crippen molar-refractivity contribution in [1.29, 1.82) is 0 Å². The Morgan fingerprint density at radius 3 is 2.33 bits per heavy atom. The monoisotopic (exact) mass is 270 g/mol. The molecule has 0 saturated carbocycles. The molecule has 0 aliphatic carbocycles. The van der Waals surface area contributed by atoms with E-state index in [2.05, 4.69) is 10.0 Å². The summed E-state index contributed by atoms with van der Waals surface area (Å²) < 4.78 is 26.2. The fourth-order valence-corrected chi connectivity index (χ4v) is 2.63. The maximum atomic E-state index is 11.8. The summed E-state index contributed by atoms with van der Waals surface area (Å²) in [5.74, 6) is 0.139. The van der Waals surface area contributed by atoms with Crippen LogP contribution in [0.2, 0.25) is 0 Å². The minimum absolute atomic E-state index is 0.139. The predicted octanol–water partition coefficient (Wildman–Crippen LogP) is 2.12. The third kappa shape index (κ3) is 6.02. The summed E-state index contributed by atoms with van der Waals surface area (Å²) in [7, 11) is -3.24. The van der Waals surface area contributed by atoms with Crippen LogP contribution in [-0.4, -0.2) is 26.8 Å². The lowest BCUT2D eigenvalue weighted by Gasteiger charge is -2.10. The fourth-order valence-electron chi connectivity index (χ4n) is 1.51. The van der Waals surface area contributed by atoms with E-state index in [1.165, 1.54) is 0 Å². The molecule has 102 valence electrons. The molecule has 5 heteroatoms. The molecule has 4 nitrogen and oxygen atoms in total. The van der Waals surface area contributed by atoms with Crippen molar-refractivity contribution >= 4 is 15.7 Å². The topological polar surface area (TPSA) is 58.2 Å². The van der Waals surface area contributed by atoms with Crippen molar-refractivity contribution in [3.05, 3.63) is 29.8 Å².